The predicted molar refractivity (Wildman–Crippen MR) is 118 cm³/mol. The highest BCUT2D eigenvalue weighted by Gasteiger charge is 2.13. The van der Waals surface area contributed by atoms with E-state index in [1.165, 1.54) is 16.8 Å². The van der Waals surface area contributed by atoms with Crippen LogP contribution in [0.4, 0.5) is 0 Å². The van der Waals surface area contributed by atoms with Gasteiger partial charge in [-0.15, -0.1) is 0 Å². The summed E-state index contributed by atoms with van der Waals surface area (Å²) in [6.45, 7) is 2.63. The third-order valence-electron chi connectivity index (χ3n) is 4.93. The standard InChI is InChI=1S/C24H21N3O4/c1-16-7-9-17(10-8-16)20-11-12-22(28)27(26-20)14-4-13-25-23(29)19-15-18-5-2-3-6-21(18)31-24(19)30/h2-3,5-12,15H,4,13-14H2,1H3,(H,25,29). The molecule has 1 amide bonds. The molecule has 0 unspecified atom stereocenters. The zero-order valence-corrected chi connectivity index (χ0v) is 17.0. The number of rotatable bonds is 6. The molecular formula is C24H21N3O4. The molecule has 4 aromatic rings. The summed E-state index contributed by atoms with van der Waals surface area (Å²) in [6.07, 6.45) is 0.481. The molecular weight excluding hydrogens is 394 g/mol. The van der Waals surface area contributed by atoms with E-state index in [4.69, 9.17) is 4.42 Å². The summed E-state index contributed by atoms with van der Waals surface area (Å²) in [7, 11) is 0. The highest BCUT2D eigenvalue weighted by molar-refractivity contribution is 5.96. The summed E-state index contributed by atoms with van der Waals surface area (Å²) < 4.78 is 6.58. The van der Waals surface area contributed by atoms with Gasteiger partial charge in [-0.25, -0.2) is 9.48 Å². The molecule has 156 valence electrons. The first kappa shape index (κ1) is 20.3. The Morgan fingerprint density at radius 3 is 2.61 bits per heavy atom. The van der Waals surface area contributed by atoms with Gasteiger partial charge < -0.3 is 9.73 Å². The summed E-state index contributed by atoms with van der Waals surface area (Å²) in [5, 5.41) is 7.80. The first-order valence-electron chi connectivity index (χ1n) is 9.97. The minimum Gasteiger partial charge on any atom is -0.422 e. The lowest BCUT2D eigenvalue weighted by Crippen LogP contribution is -2.30. The van der Waals surface area contributed by atoms with Crippen molar-refractivity contribution in [2.45, 2.75) is 19.9 Å². The molecule has 0 fully saturated rings. The Bertz CT molecular complexity index is 1350. The second-order valence-electron chi connectivity index (χ2n) is 7.24. The quantitative estimate of drug-likeness (QED) is 0.386. The van der Waals surface area contributed by atoms with Gasteiger partial charge in [0, 0.05) is 30.1 Å². The van der Waals surface area contributed by atoms with Crippen molar-refractivity contribution in [3.8, 4) is 11.3 Å². The fourth-order valence-electron chi connectivity index (χ4n) is 3.23. The molecule has 4 rings (SSSR count). The van der Waals surface area contributed by atoms with Gasteiger partial charge in [0.25, 0.3) is 11.5 Å². The number of carbonyl (C=O) groups excluding carboxylic acids is 1. The normalized spacial score (nSPS) is 10.9. The van der Waals surface area contributed by atoms with E-state index >= 15 is 0 Å². The third kappa shape index (κ3) is 4.61. The zero-order chi connectivity index (χ0) is 21.8. The van der Waals surface area contributed by atoms with E-state index in [2.05, 4.69) is 10.4 Å². The van der Waals surface area contributed by atoms with E-state index in [1.54, 1.807) is 30.3 Å². The molecule has 1 N–H and O–H groups in total. The zero-order valence-electron chi connectivity index (χ0n) is 17.0. The number of benzene rings is 2. The Hall–Kier alpha value is -4.00. The molecule has 31 heavy (non-hydrogen) atoms. The van der Waals surface area contributed by atoms with E-state index in [0.717, 1.165) is 11.1 Å². The van der Waals surface area contributed by atoms with Crippen LogP contribution in [-0.4, -0.2) is 22.2 Å². The minimum absolute atomic E-state index is 0.0460. The maximum atomic E-state index is 12.4. The van der Waals surface area contributed by atoms with Crippen molar-refractivity contribution < 1.29 is 9.21 Å². The predicted octanol–water partition coefficient (Wildman–Crippen LogP) is 3.15. The van der Waals surface area contributed by atoms with Crippen molar-refractivity contribution in [2.75, 3.05) is 6.54 Å². The molecule has 0 saturated carbocycles. The monoisotopic (exact) mass is 415 g/mol. The Kier molecular flexibility index (Phi) is 5.75. The number of fused-ring (bicyclic) bond motifs is 1. The molecule has 7 nitrogen and oxygen atoms in total. The number of para-hydroxylation sites is 1. The van der Waals surface area contributed by atoms with Crippen LogP contribution in [-0.2, 0) is 6.54 Å². The lowest BCUT2D eigenvalue weighted by atomic mass is 10.1. The van der Waals surface area contributed by atoms with Crippen LogP contribution in [0.2, 0.25) is 0 Å². The van der Waals surface area contributed by atoms with Gasteiger partial charge in [-0.05, 0) is 31.5 Å². The van der Waals surface area contributed by atoms with Crippen molar-refractivity contribution in [1.82, 2.24) is 15.1 Å². The summed E-state index contributed by atoms with van der Waals surface area (Å²) in [4.78, 5) is 36.6. The summed E-state index contributed by atoms with van der Waals surface area (Å²) in [6, 6.07) is 19.6. The average molecular weight is 415 g/mol. The second-order valence-corrected chi connectivity index (χ2v) is 7.24. The highest BCUT2D eigenvalue weighted by Crippen LogP contribution is 2.16. The lowest BCUT2D eigenvalue weighted by Gasteiger charge is -2.08. The van der Waals surface area contributed by atoms with Crippen molar-refractivity contribution in [3.63, 3.8) is 0 Å². The summed E-state index contributed by atoms with van der Waals surface area (Å²) in [5.41, 5.74) is 2.27. The highest BCUT2D eigenvalue weighted by atomic mass is 16.4. The maximum absolute atomic E-state index is 12.4. The van der Waals surface area contributed by atoms with Crippen LogP contribution in [0, 0.1) is 6.92 Å². The molecule has 2 aromatic carbocycles. The number of carbonyl (C=O) groups is 1. The molecule has 0 aliphatic carbocycles. The fourth-order valence-corrected chi connectivity index (χ4v) is 3.23. The van der Waals surface area contributed by atoms with Crippen LogP contribution >= 0.6 is 0 Å². The van der Waals surface area contributed by atoms with Crippen LogP contribution < -0.4 is 16.5 Å². The van der Waals surface area contributed by atoms with Crippen molar-refractivity contribution in [3.05, 3.63) is 98.6 Å². The fraction of sp³-hybridized carbons (Fsp3) is 0.167. The molecule has 2 aromatic heterocycles. The number of aromatic nitrogens is 2. The molecule has 0 saturated heterocycles. The summed E-state index contributed by atoms with van der Waals surface area (Å²) >= 11 is 0. The van der Waals surface area contributed by atoms with Crippen LogP contribution in [0.5, 0.6) is 0 Å². The van der Waals surface area contributed by atoms with Gasteiger partial charge >= 0.3 is 5.63 Å². The third-order valence-corrected chi connectivity index (χ3v) is 4.93. The molecule has 0 spiro atoms. The summed E-state index contributed by atoms with van der Waals surface area (Å²) in [5.74, 6) is -0.506. The minimum atomic E-state index is -0.681. The van der Waals surface area contributed by atoms with Gasteiger partial charge in [0.1, 0.15) is 11.1 Å². The van der Waals surface area contributed by atoms with E-state index in [9.17, 15) is 14.4 Å². The van der Waals surface area contributed by atoms with Crippen molar-refractivity contribution in [2.24, 2.45) is 0 Å². The Morgan fingerprint density at radius 2 is 1.81 bits per heavy atom. The van der Waals surface area contributed by atoms with Crippen LogP contribution in [0.3, 0.4) is 0 Å². The van der Waals surface area contributed by atoms with Crippen molar-refractivity contribution >= 4 is 16.9 Å². The molecule has 2 heterocycles. The Balaban J connectivity index is 1.40. The molecule has 0 aliphatic heterocycles. The van der Waals surface area contributed by atoms with Crippen LogP contribution in [0.15, 0.2) is 80.7 Å². The topological polar surface area (TPSA) is 94.2 Å². The first-order chi connectivity index (χ1) is 15.0. The number of hydrogen-bond donors (Lipinski definition) is 1. The number of nitrogens with zero attached hydrogens (tertiary/aromatic N) is 2. The Labute approximate surface area is 178 Å². The number of hydrogen-bond acceptors (Lipinski definition) is 5. The largest absolute Gasteiger partial charge is 0.422 e. The van der Waals surface area contributed by atoms with Gasteiger partial charge in [0.15, 0.2) is 0 Å². The molecule has 0 radical (unpaired) electrons. The van der Waals surface area contributed by atoms with Gasteiger partial charge in [0.2, 0.25) is 0 Å². The molecule has 7 heteroatoms. The van der Waals surface area contributed by atoms with Gasteiger partial charge in [-0.2, -0.15) is 5.10 Å². The van der Waals surface area contributed by atoms with Gasteiger partial charge in [-0.1, -0.05) is 48.0 Å². The van der Waals surface area contributed by atoms with Crippen LogP contribution in [0.1, 0.15) is 22.3 Å². The Morgan fingerprint density at radius 1 is 1.03 bits per heavy atom. The average Bonchev–Trinajstić information content (AvgIpc) is 2.77. The van der Waals surface area contributed by atoms with E-state index in [-0.39, 0.29) is 17.7 Å². The number of aryl methyl sites for hydroxylation is 2. The van der Waals surface area contributed by atoms with E-state index in [0.29, 0.717) is 29.6 Å². The number of amides is 1. The molecule has 0 atom stereocenters. The SMILES string of the molecule is Cc1ccc(-c2ccc(=O)n(CCCNC(=O)c3cc4ccccc4oc3=O)n2)cc1. The van der Waals surface area contributed by atoms with E-state index < -0.39 is 11.5 Å². The van der Waals surface area contributed by atoms with Gasteiger partial charge in [0.05, 0.1) is 5.69 Å². The lowest BCUT2D eigenvalue weighted by molar-refractivity contribution is 0.0949. The van der Waals surface area contributed by atoms with Gasteiger partial charge in [-0.3, -0.25) is 9.59 Å². The number of nitrogens with one attached hydrogen (secondary N) is 1. The second kappa shape index (κ2) is 8.79. The van der Waals surface area contributed by atoms with E-state index in [1.807, 2.05) is 31.2 Å². The molecule has 0 aliphatic rings. The first-order valence-corrected chi connectivity index (χ1v) is 9.97. The molecule has 0 bridgehead atoms. The van der Waals surface area contributed by atoms with Crippen molar-refractivity contribution in [1.29, 1.82) is 0 Å². The maximum Gasteiger partial charge on any atom is 0.349 e. The smallest absolute Gasteiger partial charge is 0.349 e. The van der Waals surface area contributed by atoms with Crippen LogP contribution in [0.25, 0.3) is 22.2 Å².